The van der Waals surface area contributed by atoms with Crippen LogP contribution in [-0.4, -0.2) is 33.4 Å². The van der Waals surface area contributed by atoms with E-state index in [1.165, 1.54) is 11.5 Å². The smallest absolute Gasteiger partial charge is 0.322 e. The number of aromatic nitrogens is 2. The van der Waals surface area contributed by atoms with Crippen molar-refractivity contribution in [3.05, 3.63) is 30.3 Å². The molecule has 2 aromatic rings. The van der Waals surface area contributed by atoms with Crippen LogP contribution in [0.2, 0.25) is 0 Å². The molecule has 0 radical (unpaired) electrons. The Labute approximate surface area is 143 Å². The fourth-order valence-corrected chi connectivity index (χ4v) is 4.13. The van der Waals surface area contributed by atoms with Crippen LogP contribution >= 0.6 is 11.5 Å². The summed E-state index contributed by atoms with van der Waals surface area (Å²) in [5, 5.41) is 9.19. The lowest BCUT2D eigenvalue weighted by Gasteiger charge is -2.27. The van der Waals surface area contributed by atoms with Crippen molar-refractivity contribution in [3.8, 4) is 11.4 Å². The summed E-state index contributed by atoms with van der Waals surface area (Å²) in [6.45, 7) is 0.580. The SMILES string of the molecule is O=C1NC(=O)C2(CCCC2CNc2nc(-c3ccccc3)ns2)N1. The average Bonchev–Trinajstić information content (AvgIpc) is 3.27. The molecule has 1 aromatic carbocycles. The Bertz CT molecular complexity index is 778. The highest BCUT2D eigenvalue weighted by molar-refractivity contribution is 7.09. The van der Waals surface area contributed by atoms with Gasteiger partial charge in [0.2, 0.25) is 5.13 Å². The number of rotatable bonds is 4. The van der Waals surface area contributed by atoms with Crippen molar-refractivity contribution in [2.45, 2.75) is 24.8 Å². The van der Waals surface area contributed by atoms with E-state index in [0.29, 0.717) is 18.8 Å². The third-order valence-corrected chi connectivity index (χ3v) is 5.42. The number of amides is 3. The predicted molar refractivity (Wildman–Crippen MR) is 90.6 cm³/mol. The van der Waals surface area contributed by atoms with Gasteiger partial charge < -0.3 is 10.6 Å². The van der Waals surface area contributed by atoms with Crippen LogP contribution in [0, 0.1) is 5.92 Å². The molecule has 2 fully saturated rings. The van der Waals surface area contributed by atoms with Crippen molar-refractivity contribution >= 4 is 28.6 Å². The van der Waals surface area contributed by atoms with Crippen molar-refractivity contribution in [1.82, 2.24) is 20.0 Å². The molecule has 24 heavy (non-hydrogen) atoms. The fraction of sp³-hybridized carbons (Fsp3) is 0.375. The number of benzene rings is 1. The first-order chi connectivity index (χ1) is 11.7. The second-order valence-corrected chi connectivity index (χ2v) is 6.89. The number of hydrogen-bond acceptors (Lipinski definition) is 6. The van der Waals surface area contributed by atoms with Crippen LogP contribution in [0.5, 0.6) is 0 Å². The largest absolute Gasteiger partial charge is 0.360 e. The number of carbonyl (C=O) groups excluding carboxylic acids is 2. The summed E-state index contributed by atoms with van der Waals surface area (Å²) in [5.74, 6) is 0.531. The van der Waals surface area contributed by atoms with Crippen LogP contribution in [0.15, 0.2) is 30.3 Å². The van der Waals surface area contributed by atoms with Crippen LogP contribution in [0.25, 0.3) is 11.4 Å². The van der Waals surface area contributed by atoms with E-state index in [4.69, 9.17) is 0 Å². The molecule has 4 rings (SSSR count). The lowest BCUT2D eigenvalue weighted by Crippen LogP contribution is -2.51. The highest BCUT2D eigenvalue weighted by Gasteiger charge is 2.54. The maximum atomic E-state index is 12.2. The van der Waals surface area contributed by atoms with E-state index in [9.17, 15) is 9.59 Å². The van der Waals surface area contributed by atoms with E-state index >= 15 is 0 Å². The molecule has 2 atom stereocenters. The number of nitrogens with one attached hydrogen (secondary N) is 3. The van der Waals surface area contributed by atoms with Gasteiger partial charge in [-0.15, -0.1) is 0 Å². The van der Waals surface area contributed by atoms with Gasteiger partial charge in [0.05, 0.1) is 0 Å². The van der Waals surface area contributed by atoms with Crippen LogP contribution in [-0.2, 0) is 4.79 Å². The van der Waals surface area contributed by atoms with Crippen molar-refractivity contribution in [2.75, 3.05) is 11.9 Å². The molecule has 2 unspecified atom stereocenters. The van der Waals surface area contributed by atoms with Gasteiger partial charge >= 0.3 is 6.03 Å². The minimum absolute atomic E-state index is 0.0491. The first-order valence-corrected chi connectivity index (χ1v) is 8.71. The Balaban J connectivity index is 1.45. The van der Waals surface area contributed by atoms with Gasteiger partial charge in [0, 0.05) is 29.6 Å². The molecule has 8 heteroatoms. The van der Waals surface area contributed by atoms with Gasteiger partial charge in [0.1, 0.15) is 5.54 Å². The zero-order valence-corrected chi connectivity index (χ0v) is 13.7. The number of hydrogen-bond donors (Lipinski definition) is 3. The Kier molecular flexibility index (Phi) is 3.68. The predicted octanol–water partition coefficient (Wildman–Crippen LogP) is 2.00. The molecule has 1 spiro atoms. The maximum Gasteiger partial charge on any atom is 0.322 e. The number of urea groups is 1. The second kappa shape index (κ2) is 5.86. The second-order valence-electron chi connectivity index (χ2n) is 6.14. The van der Waals surface area contributed by atoms with Gasteiger partial charge in [-0.25, -0.2) is 4.79 Å². The Morgan fingerprint density at radius 3 is 2.88 bits per heavy atom. The summed E-state index contributed by atoms with van der Waals surface area (Å²) >= 11 is 1.30. The van der Waals surface area contributed by atoms with Gasteiger partial charge in [-0.05, 0) is 12.8 Å². The molecular weight excluding hydrogens is 326 g/mol. The molecule has 7 nitrogen and oxygen atoms in total. The zero-order chi connectivity index (χ0) is 16.6. The van der Waals surface area contributed by atoms with E-state index < -0.39 is 11.6 Å². The molecule has 3 amide bonds. The molecule has 1 aliphatic heterocycles. The highest BCUT2D eigenvalue weighted by Crippen LogP contribution is 2.38. The van der Waals surface area contributed by atoms with E-state index in [2.05, 4.69) is 25.3 Å². The summed E-state index contributed by atoms with van der Waals surface area (Å²) in [6.07, 6.45) is 2.50. The summed E-state index contributed by atoms with van der Waals surface area (Å²) in [7, 11) is 0. The Hall–Kier alpha value is -2.48. The third kappa shape index (κ3) is 2.52. The van der Waals surface area contributed by atoms with Crippen molar-refractivity contribution in [2.24, 2.45) is 5.92 Å². The molecule has 124 valence electrons. The molecule has 1 aliphatic carbocycles. The average molecular weight is 343 g/mol. The summed E-state index contributed by atoms with van der Waals surface area (Å²) in [6, 6.07) is 9.40. The van der Waals surface area contributed by atoms with Crippen LogP contribution in [0.1, 0.15) is 19.3 Å². The molecule has 1 saturated heterocycles. The Morgan fingerprint density at radius 2 is 2.12 bits per heavy atom. The summed E-state index contributed by atoms with van der Waals surface area (Å²) in [4.78, 5) is 28.2. The first kappa shape index (κ1) is 15.1. The minimum atomic E-state index is -0.767. The standard InChI is InChI=1S/C16H17N5O2S/c22-13-16(20-14(23)19-13)8-4-7-11(16)9-17-15-18-12(21-24-15)10-5-2-1-3-6-10/h1-3,5-6,11H,4,7-9H2,(H,17,18,21)(H2,19,20,22,23). The number of anilines is 1. The fourth-order valence-electron chi connectivity index (χ4n) is 3.53. The minimum Gasteiger partial charge on any atom is -0.360 e. The monoisotopic (exact) mass is 343 g/mol. The van der Waals surface area contributed by atoms with E-state index in [1.807, 2.05) is 30.3 Å². The van der Waals surface area contributed by atoms with Gasteiger partial charge in [-0.2, -0.15) is 9.36 Å². The lowest BCUT2D eigenvalue weighted by atomic mass is 9.87. The third-order valence-electron chi connectivity index (χ3n) is 4.75. The molecule has 1 aromatic heterocycles. The van der Waals surface area contributed by atoms with Gasteiger partial charge in [0.25, 0.3) is 5.91 Å². The summed E-state index contributed by atoms with van der Waals surface area (Å²) < 4.78 is 4.37. The molecule has 0 bridgehead atoms. The molecule has 3 N–H and O–H groups in total. The van der Waals surface area contributed by atoms with Gasteiger partial charge in [-0.3, -0.25) is 10.1 Å². The van der Waals surface area contributed by atoms with Gasteiger partial charge in [0.15, 0.2) is 5.82 Å². The van der Waals surface area contributed by atoms with Crippen molar-refractivity contribution in [3.63, 3.8) is 0 Å². The van der Waals surface area contributed by atoms with Crippen LogP contribution in [0.4, 0.5) is 9.93 Å². The highest BCUT2D eigenvalue weighted by atomic mass is 32.1. The van der Waals surface area contributed by atoms with Crippen molar-refractivity contribution < 1.29 is 9.59 Å². The van der Waals surface area contributed by atoms with Crippen LogP contribution in [0.3, 0.4) is 0 Å². The summed E-state index contributed by atoms with van der Waals surface area (Å²) in [5.41, 5.74) is 0.207. The van der Waals surface area contributed by atoms with E-state index in [0.717, 1.165) is 23.5 Å². The van der Waals surface area contributed by atoms with E-state index in [-0.39, 0.29) is 11.8 Å². The first-order valence-electron chi connectivity index (χ1n) is 7.94. The zero-order valence-electron chi connectivity index (χ0n) is 12.9. The molecule has 2 aliphatic rings. The number of carbonyl (C=O) groups is 2. The maximum absolute atomic E-state index is 12.2. The lowest BCUT2D eigenvalue weighted by molar-refractivity contribution is -0.125. The number of nitrogens with zero attached hydrogens (tertiary/aromatic N) is 2. The van der Waals surface area contributed by atoms with Crippen molar-refractivity contribution in [1.29, 1.82) is 0 Å². The normalized spacial score (nSPS) is 25.8. The molecular formula is C16H17N5O2S. The van der Waals surface area contributed by atoms with Crippen LogP contribution < -0.4 is 16.0 Å². The molecule has 1 saturated carbocycles. The number of imide groups is 1. The van der Waals surface area contributed by atoms with E-state index in [1.54, 1.807) is 0 Å². The van der Waals surface area contributed by atoms with Gasteiger partial charge in [-0.1, -0.05) is 36.8 Å². The molecule has 2 heterocycles. The topological polar surface area (TPSA) is 96.0 Å². The Morgan fingerprint density at radius 1 is 1.29 bits per heavy atom. The quantitative estimate of drug-likeness (QED) is 0.738.